The molecule has 0 aliphatic rings. The molecule has 0 aliphatic heterocycles. The van der Waals surface area contributed by atoms with E-state index in [2.05, 4.69) is 0 Å². The van der Waals surface area contributed by atoms with Crippen LogP contribution in [0.2, 0.25) is 5.02 Å². The molecule has 0 bridgehead atoms. The molecule has 0 saturated carbocycles. The summed E-state index contributed by atoms with van der Waals surface area (Å²) in [6.07, 6.45) is 2.50. The Balaban J connectivity index is 1.92. The second kappa shape index (κ2) is 7.26. The van der Waals surface area contributed by atoms with Crippen molar-refractivity contribution in [3.63, 3.8) is 0 Å². The minimum absolute atomic E-state index is 0.133. The second-order valence-electron chi connectivity index (χ2n) is 6.44. The van der Waals surface area contributed by atoms with Crippen molar-refractivity contribution in [1.82, 2.24) is 4.40 Å². The Morgan fingerprint density at radius 1 is 0.893 bits per heavy atom. The van der Waals surface area contributed by atoms with Gasteiger partial charge in [-0.3, -0.25) is 4.79 Å². The monoisotopic (exact) mass is 409 g/mol. The zero-order valence-electron chi connectivity index (χ0n) is 14.7. The molecule has 0 saturated heterocycles. The Bertz CT molecular complexity index is 1280. The van der Waals surface area contributed by atoms with Crippen LogP contribution >= 0.6 is 11.6 Å². The molecule has 4 aromatic rings. The predicted molar refractivity (Wildman–Crippen MR) is 111 cm³/mol. The smallest absolute Gasteiger partial charge is 0.183 e. The molecular formula is C22H16ClNO3S. The molecule has 0 aliphatic carbocycles. The molecule has 0 fully saturated rings. The van der Waals surface area contributed by atoms with Crippen molar-refractivity contribution in [3.05, 3.63) is 95.3 Å². The predicted octanol–water partition coefficient (Wildman–Crippen LogP) is 5.05. The van der Waals surface area contributed by atoms with Crippen molar-refractivity contribution in [2.24, 2.45) is 0 Å². The quantitative estimate of drug-likeness (QED) is 0.433. The van der Waals surface area contributed by atoms with Crippen molar-refractivity contribution in [1.29, 1.82) is 0 Å². The van der Waals surface area contributed by atoms with E-state index in [0.29, 0.717) is 27.4 Å². The number of pyridine rings is 1. The zero-order valence-corrected chi connectivity index (χ0v) is 16.3. The van der Waals surface area contributed by atoms with Crippen molar-refractivity contribution in [2.45, 2.75) is 10.6 Å². The summed E-state index contributed by atoms with van der Waals surface area (Å²) in [5, 5.41) is 0.403. The fourth-order valence-electron chi connectivity index (χ4n) is 3.34. The lowest BCUT2D eigenvalue weighted by Gasteiger charge is -2.11. The topological polar surface area (TPSA) is 55.6 Å². The van der Waals surface area contributed by atoms with Gasteiger partial charge in [0.15, 0.2) is 16.1 Å². The summed E-state index contributed by atoms with van der Waals surface area (Å²) in [6, 6.07) is 21.0. The van der Waals surface area contributed by atoms with Gasteiger partial charge >= 0.3 is 0 Å². The summed E-state index contributed by atoms with van der Waals surface area (Å²) >= 11 is 6.18. The normalized spacial score (nSPS) is 11.6. The number of hydrogen-bond acceptors (Lipinski definition) is 3. The van der Waals surface area contributed by atoms with E-state index in [1.807, 2.05) is 24.3 Å². The maximum absolute atomic E-state index is 13.2. The van der Waals surface area contributed by atoms with Gasteiger partial charge in [-0.2, -0.15) is 0 Å². The van der Waals surface area contributed by atoms with Crippen molar-refractivity contribution < 1.29 is 13.2 Å². The van der Waals surface area contributed by atoms with Crippen molar-refractivity contribution >= 4 is 33.2 Å². The van der Waals surface area contributed by atoms with Gasteiger partial charge < -0.3 is 4.40 Å². The minimum atomic E-state index is -3.66. The molecule has 6 heteroatoms. The number of rotatable bonds is 5. The molecule has 0 radical (unpaired) electrons. The van der Waals surface area contributed by atoms with Crippen LogP contribution in [0.3, 0.4) is 0 Å². The number of sulfone groups is 1. The molecule has 0 spiro atoms. The molecule has 0 unspecified atom stereocenters. The highest BCUT2D eigenvalue weighted by molar-refractivity contribution is 7.90. The van der Waals surface area contributed by atoms with Gasteiger partial charge in [0.2, 0.25) is 0 Å². The summed E-state index contributed by atoms with van der Waals surface area (Å²) < 4.78 is 28.1. The summed E-state index contributed by atoms with van der Waals surface area (Å²) in [5.74, 6) is -0.133. The van der Waals surface area contributed by atoms with Gasteiger partial charge in [-0.15, -0.1) is 0 Å². The van der Waals surface area contributed by atoms with Crippen LogP contribution in [0.4, 0.5) is 0 Å². The number of carbonyl (C=O) groups excluding carboxylic acids is 1. The van der Waals surface area contributed by atoms with Gasteiger partial charge in [0, 0.05) is 27.9 Å². The lowest BCUT2D eigenvalue weighted by Crippen LogP contribution is -2.07. The molecule has 2 aromatic heterocycles. The van der Waals surface area contributed by atoms with E-state index in [9.17, 15) is 13.2 Å². The first kappa shape index (κ1) is 18.5. The Morgan fingerprint density at radius 3 is 2.39 bits per heavy atom. The van der Waals surface area contributed by atoms with Crippen LogP contribution in [0.25, 0.3) is 16.6 Å². The van der Waals surface area contributed by atoms with E-state index in [0.717, 1.165) is 11.8 Å². The van der Waals surface area contributed by atoms with Gasteiger partial charge in [-0.1, -0.05) is 48.0 Å². The number of hydrogen-bond donors (Lipinski definition) is 0. The van der Waals surface area contributed by atoms with Crippen LogP contribution in [-0.4, -0.2) is 19.1 Å². The summed E-state index contributed by atoms with van der Waals surface area (Å²) in [6.45, 7) is 0. The molecule has 4 rings (SSSR count). The average molecular weight is 410 g/mol. The van der Waals surface area contributed by atoms with Crippen LogP contribution in [-0.2, 0) is 15.6 Å². The van der Waals surface area contributed by atoms with E-state index in [4.69, 9.17) is 11.6 Å². The summed E-state index contributed by atoms with van der Waals surface area (Å²) in [5.41, 5.74) is 2.84. The van der Waals surface area contributed by atoms with E-state index in [1.54, 1.807) is 53.1 Å². The number of nitrogens with zero attached hydrogens (tertiary/aromatic N) is 1. The molecule has 2 aromatic carbocycles. The average Bonchev–Trinajstić information content (AvgIpc) is 3.06. The van der Waals surface area contributed by atoms with Crippen LogP contribution in [0.1, 0.15) is 16.1 Å². The minimum Gasteiger partial charge on any atom is -0.314 e. The SMILES string of the molecule is O=Cc1c(-c2cc(Cl)ccc2S(=O)(=O)Cc2ccccc2)cc2ccccn12. The lowest BCUT2D eigenvalue weighted by molar-refractivity contribution is 0.111. The first-order valence-corrected chi connectivity index (χ1v) is 10.6. The zero-order chi connectivity index (χ0) is 19.7. The molecule has 4 nitrogen and oxygen atoms in total. The first-order chi connectivity index (χ1) is 13.5. The van der Waals surface area contributed by atoms with Crippen molar-refractivity contribution in [3.8, 4) is 11.1 Å². The van der Waals surface area contributed by atoms with Crippen LogP contribution in [0.15, 0.2) is 83.9 Å². The number of halogens is 1. The molecule has 140 valence electrons. The van der Waals surface area contributed by atoms with Crippen molar-refractivity contribution in [2.75, 3.05) is 0 Å². The number of aromatic nitrogens is 1. The number of aldehydes is 1. The maximum atomic E-state index is 13.2. The van der Waals surface area contributed by atoms with Crippen LogP contribution in [0.5, 0.6) is 0 Å². The Hall–Kier alpha value is -2.89. The van der Waals surface area contributed by atoms with Gasteiger partial charge in [-0.25, -0.2) is 8.42 Å². The van der Waals surface area contributed by atoms with Gasteiger partial charge in [-0.05, 0) is 42.0 Å². The highest BCUT2D eigenvalue weighted by atomic mass is 35.5. The standard InChI is InChI=1S/C22H16ClNO3S/c23-17-9-10-22(28(26,27)15-16-6-2-1-3-7-16)20(12-17)19-13-18-8-4-5-11-24(18)21(19)14-25/h1-14H,15H2. The first-order valence-electron chi connectivity index (χ1n) is 8.61. The second-order valence-corrected chi connectivity index (χ2v) is 8.84. The summed E-state index contributed by atoms with van der Waals surface area (Å²) in [7, 11) is -3.66. The maximum Gasteiger partial charge on any atom is 0.183 e. The molecule has 28 heavy (non-hydrogen) atoms. The molecule has 0 amide bonds. The fourth-order valence-corrected chi connectivity index (χ4v) is 5.07. The van der Waals surface area contributed by atoms with Gasteiger partial charge in [0.25, 0.3) is 0 Å². The van der Waals surface area contributed by atoms with Crippen LogP contribution in [0, 0.1) is 0 Å². The third kappa shape index (κ3) is 3.35. The number of carbonyl (C=O) groups is 1. The fraction of sp³-hybridized carbons (Fsp3) is 0.0455. The van der Waals surface area contributed by atoms with Gasteiger partial charge in [0.05, 0.1) is 16.3 Å². The van der Waals surface area contributed by atoms with Crippen LogP contribution < -0.4 is 0 Å². The molecular weight excluding hydrogens is 394 g/mol. The van der Waals surface area contributed by atoms with E-state index in [-0.39, 0.29) is 10.6 Å². The Labute approximate surface area is 167 Å². The van der Waals surface area contributed by atoms with E-state index < -0.39 is 9.84 Å². The van der Waals surface area contributed by atoms with Gasteiger partial charge in [0.1, 0.15) is 0 Å². The third-order valence-electron chi connectivity index (χ3n) is 4.60. The largest absolute Gasteiger partial charge is 0.314 e. The van der Waals surface area contributed by atoms with E-state index >= 15 is 0 Å². The summed E-state index contributed by atoms with van der Waals surface area (Å²) in [4.78, 5) is 12.0. The molecule has 0 atom stereocenters. The highest BCUT2D eigenvalue weighted by Gasteiger charge is 2.23. The lowest BCUT2D eigenvalue weighted by atomic mass is 10.1. The Kier molecular flexibility index (Phi) is 4.79. The highest BCUT2D eigenvalue weighted by Crippen LogP contribution is 2.35. The third-order valence-corrected chi connectivity index (χ3v) is 6.57. The molecule has 0 N–H and O–H groups in total. The number of fused-ring (bicyclic) bond motifs is 1. The van der Waals surface area contributed by atoms with E-state index in [1.165, 1.54) is 6.07 Å². The number of benzene rings is 2. The molecule has 2 heterocycles. The Morgan fingerprint density at radius 2 is 1.64 bits per heavy atom.